The van der Waals surface area contributed by atoms with E-state index >= 15 is 0 Å². The minimum absolute atomic E-state index is 0.456. The van der Waals surface area contributed by atoms with Crippen LogP contribution < -0.4 is 5.32 Å². The molecular formula is C12H17NO. The van der Waals surface area contributed by atoms with Crippen molar-refractivity contribution >= 4 is 0 Å². The van der Waals surface area contributed by atoms with Crippen LogP contribution in [-0.2, 0) is 6.42 Å². The molecule has 14 heavy (non-hydrogen) atoms. The highest BCUT2D eigenvalue weighted by Gasteiger charge is 2.23. The Morgan fingerprint density at radius 1 is 1.50 bits per heavy atom. The molecule has 0 radical (unpaired) electrons. The lowest BCUT2D eigenvalue weighted by molar-refractivity contribution is 0.469. The van der Waals surface area contributed by atoms with Gasteiger partial charge in [0.2, 0.25) is 0 Å². The average molecular weight is 191 g/mol. The van der Waals surface area contributed by atoms with E-state index in [0.29, 0.717) is 11.8 Å². The topological polar surface area (TPSA) is 32.3 Å². The van der Waals surface area contributed by atoms with E-state index in [4.69, 9.17) is 0 Å². The molecule has 0 bridgehead atoms. The Balaban J connectivity index is 2.18. The van der Waals surface area contributed by atoms with Gasteiger partial charge in [-0.15, -0.1) is 0 Å². The van der Waals surface area contributed by atoms with Gasteiger partial charge in [-0.3, -0.25) is 0 Å². The first-order valence-corrected chi connectivity index (χ1v) is 5.37. The summed E-state index contributed by atoms with van der Waals surface area (Å²) >= 11 is 0. The number of aromatic hydroxyl groups is 1. The summed E-state index contributed by atoms with van der Waals surface area (Å²) in [6.45, 7) is 3.23. The smallest absolute Gasteiger partial charge is 0.119 e. The summed E-state index contributed by atoms with van der Waals surface area (Å²) in [7, 11) is 0. The molecule has 2 nitrogen and oxygen atoms in total. The van der Waals surface area contributed by atoms with E-state index in [-0.39, 0.29) is 0 Å². The largest absolute Gasteiger partial charge is 0.508 e. The second-order valence-corrected chi connectivity index (χ2v) is 3.89. The predicted molar refractivity (Wildman–Crippen MR) is 57.5 cm³/mol. The van der Waals surface area contributed by atoms with Crippen LogP contribution in [0.25, 0.3) is 0 Å². The fourth-order valence-electron chi connectivity index (χ4n) is 2.17. The molecule has 0 saturated heterocycles. The molecule has 2 heteroatoms. The number of rotatable bonds is 3. The van der Waals surface area contributed by atoms with Crippen molar-refractivity contribution in [2.24, 2.45) is 0 Å². The third-order valence-corrected chi connectivity index (χ3v) is 2.89. The van der Waals surface area contributed by atoms with Gasteiger partial charge in [0.15, 0.2) is 0 Å². The molecule has 0 heterocycles. The Hall–Kier alpha value is -1.02. The van der Waals surface area contributed by atoms with E-state index in [1.807, 2.05) is 6.07 Å². The van der Waals surface area contributed by atoms with Crippen molar-refractivity contribution in [2.45, 2.75) is 32.2 Å². The number of hydrogen-bond donors (Lipinski definition) is 2. The van der Waals surface area contributed by atoms with Gasteiger partial charge in [0.1, 0.15) is 5.75 Å². The van der Waals surface area contributed by atoms with Crippen LogP contribution in [0.2, 0.25) is 0 Å². The molecule has 1 atom stereocenters. The average Bonchev–Trinajstić information content (AvgIpc) is 2.60. The first-order valence-electron chi connectivity index (χ1n) is 5.37. The van der Waals surface area contributed by atoms with E-state index in [1.165, 1.54) is 5.56 Å². The van der Waals surface area contributed by atoms with Crippen LogP contribution in [0.4, 0.5) is 0 Å². The van der Waals surface area contributed by atoms with E-state index in [0.717, 1.165) is 31.4 Å². The van der Waals surface area contributed by atoms with Crippen molar-refractivity contribution < 1.29 is 5.11 Å². The van der Waals surface area contributed by atoms with Gasteiger partial charge in [-0.1, -0.05) is 19.1 Å². The summed E-state index contributed by atoms with van der Waals surface area (Å²) in [6, 6.07) is 6.29. The van der Waals surface area contributed by atoms with Gasteiger partial charge in [-0.05, 0) is 43.0 Å². The summed E-state index contributed by atoms with van der Waals surface area (Å²) in [4.78, 5) is 0. The van der Waals surface area contributed by atoms with Crippen molar-refractivity contribution in [3.63, 3.8) is 0 Å². The number of hydrogen-bond acceptors (Lipinski definition) is 2. The molecule has 76 valence electrons. The first kappa shape index (κ1) is 9.53. The molecule has 2 N–H and O–H groups in total. The summed E-state index contributed by atoms with van der Waals surface area (Å²) < 4.78 is 0. The second kappa shape index (κ2) is 4.01. The van der Waals surface area contributed by atoms with E-state index in [2.05, 4.69) is 18.3 Å². The molecule has 1 aliphatic carbocycles. The van der Waals surface area contributed by atoms with Crippen molar-refractivity contribution in [3.8, 4) is 5.75 Å². The molecule has 0 amide bonds. The van der Waals surface area contributed by atoms with Crippen LogP contribution in [0, 0.1) is 0 Å². The Labute approximate surface area is 85.0 Å². The Morgan fingerprint density at radius 2 is 2.36 bits per heavy atom. The van der Waals surface area contributed by atoms with Crippen molar-refractivity contribution in [1.29, 1.82) is 0 Å². The SMILES string of the molecule is CCCNC1CCc2c(O)cccc21. The van der Waals surface area contributed by atoms with Gasteiger partial charge in [-0.2, -0.15) is 0 Å². The first-order chi connectivity index (χ1) is 6.83. The fraction of sp³-hybridized carbons (Fsp3) is 0.500. The van der Waals surface area contributed by atoms with Crippen LogP contribution in [-0.4, -0.2) is 11.7 Å². The lowest BCUT2D eigenvalue weighted by Crippen LogP contribution is -2.19. The van der Waals surface area contributed by atoms with Crippen LogP contribution in [0.1, 0.15) is 36.9 Å². The van der Waals surface area contributed by atoms with Gasteiger partial charge in [0.05, 0.1) is 0 Å². The van der Waals surface area contributed by atoms with Gasteiger partial charge < -0.3 is 10.4 Å². The second-order valence-electron chi connectivity index (χ2n) is 3.89. The van der Waals surface area contributed by atoms with E-state index in [1.54, 1.807) is 6.07 Å². The van der Waals surface area contributed by atoms with Gasteiger partial charge in [0, 0.05) is 6.04 Å². The molecule has 1 aliphatic rings. The molecule has 2 rings (SSSR count). The lowest BCUT2D eigenvalue weighted by atomic mass is 10.1. The minimum Gasteiger partial charge on any atom is -0.508 e. The van der Waals surface area contributed by atoms with Gasteiger partial charge >= 0.3 is 0 Å². The van der Waals surface area contributed by atoms with Crippen LogP contribution in [0.5, 0.6) is 5.75 Å². The van der Waals surface area contributed by atoms with Crippen molar-refractivity contribution in [3.05, 3.63) is 29.3 Å². The highest BCUT2D eigenvalue weighted by molar-refractivity contribution is 5.44. The number of phenolic OH excluding ortho intramolecular Hbond substituents is 1. The fourth-order valence-corrected chi connectivity index (χ4v) is 2.17. The third kappa shape index (κ3) is 1.62. The summed E-state index contributed by atoms with van der Waals surface area (Å²) in [5, 5.41) is 13.2. The maximum absolute atomic E-state index is 9.65. The Kier molecular flexibility index (Phi) is 2.73. The molecule has 0 saturated carbocycles. The zero-order valence-corrected chi connectivity index (χ0v) is 8.59. The molecular weight excluding hydrogens is 174 g/mol. The Morgan fingerprint density at radius 3 is 3.14 bits per heavy atom. The minimum atomic E-state index is 0.456. The lowest BCUT2D eigenvalue weighted by Gasteiger charge is -2.13. The molecule has 1 aromatic rings. The molecule has 0 fully saturated rings. The normalized spacial score (nSPS) is 19.6. The molecule has 0 spiro atoms. The number of nitrogens with one attached hydrogen (secondary N) is 1. The molecule has 0 aromatic heterocycles. The number of benzene rings is 1. The third-order valence-electron chi connectivity index (χ3n) is 2.89. The Bertz CT molecular complexity index is 322. The van der Waals surface area contributed by atoms with Crippen LogP contribution in [0.15, 0.2) is 18.2 Å². The molecule has 0 aliphatic heterocycles. The summed E-state index contributed by atoms with van der Waals surface area (Å²) in [5.41, 5.74) is 2.43. The summed E-state index contributed by atoms with van der Waals surface area (Å²) in [6.07, 6.45) is 3.28. The number of fused-ring (bicyclic) bond motifs is 1. The van der Waals surface area contributed by atoms with Gasteiger partial charge in [0.25, 0.3) is 0 Å². The van der Waals surface area contributed by atoms with E-state index in [9.17, 15) is 5.11 Å². The van der Waals surface area contributed by atoms with Gasteiger partial charge in [-0.25, -0.2) is 0 Å². The van der Waals surface area contributed by atoms with Crippen LogP contribution in [0.3, 0.4) is 0 Å². The zero-order chi connectivity index (χ0) is 9.97. The summed E-state index contributed by atoms with van der Waals surface area (Å²) in [5.74, 6) is 0.461. The van der Waals surface area contributed by atoms with E-state index < -0.39 is 0 Å². The predicted octanol–water partition coefficient (Wildman–Crippen LogP) is 2.38. The molecule has 1 aromatic carbocycles. The standard InChI is InChI=1S/C12H17NO/c1-2-8-13-11-7-6-10-9(11)4-3-5-12(10)14/h3-5,11,13-14H,2,6-8H2,1H3. The van der Waals surface area contributed by atoms with Crippen molar-refractivity contribution in [2.75, 3.05) is 6.54 Å². The quantitative estimate of drug-likeness (QED) is 0.768. The zero-order valence-electron chi connectivity index (χ0n) is 8.59. The monoisotopic (exact) mass is 191 g/mol. The maximum Gasteiger partial charge on any atom is 0.119 e. The highest BCUT2D eigenvalue weighted by atomic mass is 16.3. The maximum atomic E-state index is 9.65. The number of phenols is 1. The molecule has 1 unspecified atom stereocenters. The van der Waals surface area contributed by atoms with Crippen molar-refractivity contribution in [1.82, 2.24) is 5.32 Å². The van der Waals surface area contributed by atoms with Crippen LogP contribution >= 0.6 is 0 Å². The highest BCUT2D eigenvalue weighted by Crippen LogP contribution is 2.35.